The van der Waals surface area contributed by atoms with E-state index in [1.54, 1.807) is 32.4 Å². The molecular weight excluding hydrogens is 397 g/mol. The van der Waals surface area contributed by atoms with Gasteiger partial charge >= 0.3 is 0 Å². The molecule has 1 atom stereocenters. The van der Waals surface area contributed by atoms with Gasteiger partial charge in [0.2, 0.25) is 0 Å². The Morgan fingerprint density at radius 1 is 1.36 bits per heavy atom. The van der Waals surface area contributed by atoms with E-state index in [1.807, 2.05) is 20.8 Å². The molecule has 0 aliphatic carbocycles. The standard InChI is InChI=1S/C15H27N3O3.HI/c1-6-16-13(17-10-14(2,3)20-5)18-11-15(4,19)12-8-7-9-21-12;/h7-9,19H,6,10-11H2,1-5H3,(H2,16,17,18);1H. The summed E-state index contributed by atoms with van der Waals surface area (Å²) in [5.41, 5.74) is -1.43. The van der Waals surface area contributed by atoms with E-state index in [1.165, 1.54) is 0 Å². The van der Waals surface area contributed by atoms with Gasteiger partial charge in [-0.15, -0.1) is 24.0 Å². The highest BCUT2D eigenvalue weighted by atomic mass is 127. The zero-order chi connectivity index (χ0) is 15.9. The second-order valence-electron chi connectivity index (χ2n) is 5.76. The number of nitrogens with one attached hydrogen (secondary N) is 2. The van der Waals surface area contributed by atoms with Crippen LogP contribution in [0.4, 0.5) is 0 Å². The molecule has 22 heavy (non-hydrogen) atoms. The van der Waals surface area contributed by atoms with Crippen molar-refractivity contribution in [2.24, 2.45) is 4.99 Å². The quantitative estimate of drug-likeness (QED) is 0.354. The lowest BCUT2D eigenvalue weighted by atomic mass is 10.0. The number of ether oxygens (including phenoxy) is 1. The summed E-state index contributed by atoms with van der Waals surface area (Å²) in [5, 5.41) is 16.7. The molecule has 0 saturated heterocycles. The predicted octanol–water partition coefficient (Wildman–Crippen LogP) is 2.09. The lowest BCUT2D eigenvalue weighted by Crippen LogP contribution is -2.45. The van der Waals surface area contributed by atoms with Crippen LogP contribution in [0.25, 0.3) is 0 Å². The Balaban J connectivity index is 0.00000441. The van der Waals surface area contributed by atoms with Gasteiger partial charge in [0.05, 0.1) is 25.0 Å². The molecule has 1 rings (SSSR count). The van der Waals surface area contributed by atoms with Gasteiger partial charge in [-0.1, -0.05) is 0 Å². The number of hydrogen-bond donors (Lipinski definition) is 3. The maximum atomic E-state index is 10.4. The van der Waals surface area contributed by atoms with E-state index in [9.17, 15) is 5.11 Å². The van der Waals surface area contributed by atoms with Gasteiger partial charge in [-0.05, 0) is 39.8 Å². The highest BCUT2D eigenvalue weighted by Crippen LogP contribution is 2.19. The number of methoxy groups -OCH3 is 1. The summed E-state index contributed by atoms with van der Waals surface area (Å²) in [7, 11) is 1.66. The summed E-state index contributed by atoms with van der Waals surface area (Å²) in [6.07, 6.45) is 1.55. The summed E-state index contributed by atoms with van der Waals surface area (Å²) < 4.78 is 10.6. The monoisotopic (exact) mass is 425 g/mol. The summed E-state index contributed by atoms with van der Waals surface area (Å²) >= 11 is 0. The van der Waals surface area contributed by atoms with Gasteiger partial charge in [-0.25, -0.2) is 0 Å². The van der Waals surface area contributed by atoms with E-state index < -0.39 is 5.60 Å². The second kappa shape index (κ2) is 9.36. The van der Waals surface area contributed by atoms with Crippen LogP contribution < -0.4 is 10.6 Å². The van der Waals surface area contributed by atoms with Crippen LogP contribution in [0.5, 0.6) is 0 Å². The maximum absolute atomic E-state index is 10.4. The molecule has 6 nitrogen and oxygen atoms in total. The number of rotatable bonds is 7. The Labute approximate surface area is 149 Å². The van der Waals surface area contributed by atoms with E-state index in [2.05, 4.69) is 15.6 Å². The number of hydrogen-bond acceptors (Lipinski definition) is 4. The molecule has 0 bridgehead atoms. The van der Waals surface area contributed by atoms with Crippen molar-refractivity contribution in [3.05, 3.63) is 24.2 Å². The molecule has 0 amide bonds. The average molecular weight is 425 g/mol. The van der Waals surface area contributed by atoms with Crippen molar-refractivity contribution < 1.29 is 14.3 Å². The van der Waals surface area contributed by atoms with Gasteiger partial charge in [0.15, 0.2) is 5.96 Å². The minimum absolute atomic E-state index is 0. The fraction of sp³-hybridized carbons (Fsp3) is 0.667. The number of guanidine groups is 1. The second-order valence-corrected chi connectivity index (χ2v) is 5.76. The first-order valence-corrected chi connectivity index (χ1v) is 7.14. The van der Waals surface area contributed by atoms with Crippen LogP contribution in [0.1, 0.15) is 33.5 Å². The molecule has 0 aliphatic rings. The summed E-state index contributed by atoms with van der Waals surface area (Å²) in [5.74, 6) is 1.15. The van der Waals surface area contributed by atoms with E-state index >= 15 is 0 Å². The number of aliphatic hydroxyl groups is 1. The number of aliphatic imine (C=N–C) groups is 1. The molecule has 128 valence electrons. The number of halogens is 1. The van der Waals surface area contributed by atoms with Gasteiger partial charge < -0.3 is 24.9 Å². The van der Waals surface area contributed by atoms with Crippen molar-refractivity contribution in [1.82, 2.24) is 10.6 Å². The van der Waals surface area contributed by atoms with Crippen molar-refractivity contribution in [2.45, 2.75) is 38.9 Å². The Hall–Kier alpha value is -0.800. The van der Waals surface area contributed by atoms with Gasteiger partial charge in [-0.2, -0.15) is 0 Å². The minimum atomic E-state index is -1.10. The third-order valence-electron chi connectivity index (χ3n) is 3.17. The van der Waals surface area contributed by atoms with Crippen molar-refractivity contribution in [3.63, 3.8) is 0 Å². The van der Waals surface area contributed by atoms with E-state index in [-0.39, 0.29) is 29.6 Å². The van der Waals surface area contributed by atoms with Crippen molar-refractivity contribution in [3.8, 4) is 0 Å². The Bertz CT molecular complexity index is 445. The molecule has 0 spiro atoms. The van der Waals surface area contributed by atoms with Gasteiger partial charge in [0.25, 0.3) is 0 Å². The van der Waals surface area contributed by atoms with Crippen LogP contribution in [0, 0.1) is 0 Å². The number of furan rings is 1. The molecule has 3 N–H and O–H groups in total. The van der Waals surface area contributed by atoms with Gasteiger partial charge in [0.1, 0.15) is 11.4 Å². The molecule has 1 aromatic heterocycles. The smallest absolute Gasteiger partial charge is 0.191 e. The van der Waals surface area contributed by atoms with Crippen molar-refractivity contribution in [2.75, 3.05) is 26.7 Å². The Kier molecular flexibility index (Phi) is 9.02. The molecule has 1 heterocycles. The van der Waals surface area contributed by atoms with E-state index in [0.717, 1.165) is 6.54 Å². The molecule has 0 aromatic carbocycles. The first-order valence-electron chi connectivity index (χ1n) is 7.14. The van der Waals surface area contributed by atoms with Crippen molar-refractivity contribution in [1.29, 1.82) is 0 Å². The Morgan fingerprint density at radius 2 is 2.05 bits per heavy atom. The maximum Gasteiger partial charge on any atom is 0.191 e. The molecule has 7 heteroatoms. The zero-order valence-electron chi connectivity index (χ0n) is 14.0. The SMILES string of the molecule is CCNC(=NCC(C)(C)OC)NCC(C)(O)c1ccco1.I. The molecule has 1 aromatic rings. The summed E-state index contributed by atoms with van der Waals surface area (Å²) in [6.45, 7) is 9.17. The average Bonchev–Trinajstić information content (AvgIpc) is 2.97. The van der Waals surface area contributed by atoms with E-state index in [0.29, 0.717) is 24.8 Å². The molecule has 1 unspecified atom stereocenters. The summed E-state index contributed by atoms with van der Waals surface area (Å²) in [4.78, 5) is 4.47. The first kappa shape index (κ1) is 21.2. The molecular formula is C15H28IN3O3. The van der Waals surface area contributed by atoms with E-state index in [4.69, 9.17) is 9.15 Å². The van der Waals surface area contributed by atoms with Crippen molar-refractivity contribution >= 4 is 29.9 Å². The van der Waals surface area contributed by atoms with Crippen LogP contribution >= 0.6 is 24.0 Å². The van der Waals surface area contributed by atoms with Crippen LogP contribution in [-0.4, -0.2) is 43.4 Å². The largest absolute Gasteiger partial charge is 0.466 e. The highest BCUT2D eigenvalue weighted by molar-refractivity contribution is 14.0. The zero-order valence-corrected chi connectivity index (χ0v) is 16.3. The van der Waals surface area contributed by atoms with Gasteiger partial charge in [0, 0.05) is 13.7 Å². The molecule has 0 radical (unpaired) electrons. The predicted molar refractivity (Wildman–Crippen MR) is 98.8 cm³/mol. The molecule has 0 aliphatic heterocycles. The normalized spacial score (nSPS) is 14.9. The fourth-order valence-electron chi connectivity index (χ4n) is 1.60. The third kappa shape index (κ3) is 6.97. The van der Waals surface area contributed by atoms with Gasteiger partial charge in [-0.3, -0.25) is 4.99 Å². The third-order valence-corrected chi connectivity index (χ3v) is 3.17. The molecule has 0 fully saturated rings. The lowest BCUT2D eigenvalue weighted by Gasteiger charge is -2.24. The highest BCUT2D eigenvalue weighted by Gasteiger charge is 2.26. The topological polar surface area (TPSA) is 79.0 Å². The lowest BCUT2D eigenvalue weighted by molar-refractivity contribution is 0.0307. The number of nitrogens with zero attached hydrogens (tertiary/aromatic N) is 1. The minimum Gasteiger partial charge on any atom is -0.466 e. The van der Waals surface area contributed by atoms with Crippen LogP contribution in [-0.2, 0) is 10.3 Å². The fourth-order valence-corrected chi connectivity index (χ4v) is 1.60. The summed E-state index contributed by atoms with van der Waals surface area (Å²) in [6, 6.07) is 3.50. The molecule has 0 saturated carbocycles. The first-order chi connectivity index (χ1) is 9.80. The van der Waals surface area contributed by atoms with Crippen LogP contribution in [0.2, 0.25) is 0 Å². The van der Waals surface area contributed by atoms with Crippen LogP contribution in [0.15, 0.2) is 27.8 Å². The Morgan fingerprint density at radius 3 is 2.55 bits per heavy atom. The van der Waals surface area contributed by atoms with Crippen LogP contribution in [0.3, 0.4) is 0 Å².